The van der Waals surface area contributed by atoms with Crippen molar-refractivity contribution >= 4 is 22.7 Å². The first kappa shape index (κ1) is 19.5. The third-order valence-electron chi connectivity index (χ3n) is 6.26. The first-order valence-corrected chi connectivity index (χ1v) is 10.9. The Morgan fingerprint density at radius 3 is 2.16 bits per heavy atom. The molecule has 0 aromatic heterocycles. The number of anilines is 1. The fourth-order valence-electron chi connectivity index (χ4n) is 4.55. The zero-order valence-corrected chi connectivity index (χ0v) is 17.6. The maximum atomic E-state index is 10.9. The Hall–Kier alpha value is -3.43. The predicted molar refractivity (Wildman–Crippen MR) is 129 cm³/mol. The molecule has 0 amide bonds. The van der Waals surface area contributed by atoms with E-state index >= 15 is 0 Å². The van der Waals surface area contributed by atoms with Crippen molar-refractivity contribution < 1.29 is 4.79 Å². The Kier molecular flexibility index (Phi) is 5.51. The van der Waals surface area contributed by atoms with Crippen molar-refractivity contribution in [1.29, 1.82) is 0 Å². The third kappa shape index (κ3) is 4.10. The molecule has 1 aliphatic heterocycles. The van der Waals surface area contributed by atoms with Gasteiger partial charge in [-0.05, 0) is 51.7 Å². The van der Waals surface area contributed by atoms with Crippen molar-refractivity contribution in [3.05, 3.63) is 102 Å². The number of fused-ring (bicyclic) bond motifs is 1. The summed E-state index contributed by atoms with van der Waals surface area (Å²) in [6, 6.07) is 31.9. The maximum Gasteiger partial charge on any atom is 0.150 e. The van der Waals surface area contributed by atoms with E-state index in [4.69, 9.17) is 0 Å². The highest BCUT2D eigenvalue weighted by Crippen LogP contribution is 2.32. The normalized spacial score (nSPS) is 14.6. The van der Waals surface area contributed by atoms with Crippen molar-refractivity contribution in [2.24, 2.45) is 0 Å². The summed E-state index contributed by atoms with van der Waals surface area (Å²) < 4.78 is 0. The van der Waals surface area contributed by atoms with E-state index in [0.717, 1.165) is 44.6 Å². The monoisotopic (exact) mass is 406 g/mol. The average molecular weight is 407 g/mol. The highest BCUT2D eigenvalue weighted by molar-refractivity contribution is 5.97. The van der Waals surface area contributed by atoms with Crippen LogP contribution in [-0.4, -0.2) is 37.4 Å². The van der Waals surface area contributed by atoms with Crippen LogP contribution in [0.3, 0.4) is 0 Å². The van der Waals surface area contributed by atoms with Crippen LogP contribution in [0, 0.1) is 0 Å². The Bertz CT molecular complexity index is 1190. The van der Waals surface area contributed by atoms with Crippen LogP contribution in [0.1, 0.15) is 15.9 Å². The summed E-state index contributed by atoms with van der Waals surface area (Å²) in [5, 5.41) is 2.59. The first-order valence-electron chi connectivity index (χ1n) is 10.9. The standard InChI is InChI=1S/C28H26N2O/c31-21-22-12-14-25(15-13-22)30-18-16-29(17-19-30)20-24-7-2-4-10-27(24)28-11-5-8-23-6-1-3-9-26(23)28/h1-15,21H,16-20H2. The number of hydrogen-bond donors (Lipinski definition) is 0. The van der Waals surface area contributed by atoms with Crippen LogP contribution >= 0.6 is 0 Å². The Labute approximate surface area is 183 Å². The molecule has 0 aliphatic carbocycles. The fraction of sp³-hybridized carbons (Fsp3) is 0.179. The van der Waals surface area contributed by atoms with Gasteiger partial charge in [0.15, 0.2) is 0 Å². The Morgan fingerprint density at radius 2 is 1.35 bits per heavy atom. The molecule has 0 radical (unpaired) electrons. The molecule has 5 rings (SSSR count). The molecule has 3 heteroatoms. The summed E-state index contributed by atoms with van der Waals surface area (Å²) in [6.45, 7) is 5.00. The van der Waals surface area contributed by atoms with Gasteiger partial charge >= 0.3 is 0 Å². The minimum absolute atomic E-state index is 0.729. The van der Waals surface area contributed by atoms with Crippen LogP contribution in [0.25, 0.3) is 21.9 Å². The van der Waals surface area contributed by atoms with E-state index in [9.17, 15) is 4.79 Å². The molecule has 154 valence electrons. The molecule has 1 fully saturated rings. The number of hydrogen-bond acceptors (Lipinski definition) is 3. The minimum Gasteiger partial charge on any atom is -0.369 e. The molecule has 4 aromatic rings. The molecule has 0 N–H and O–H groups in total. The van der Waals surface area contributed by atoms with Crippen molar-refractivity contribution in [2.75, 3.05) is 31.1 Å². The van der Waals surface area contributed by atoms with Crippen LogP contribution in [0.5, 0.6) is 0 Å². The number of carbonyl (C=O) groups excluding carboxylic acids is 1. The lowest BCUT2D eigenvalue weighted by Crippen LogP contribution is -2.46. The molecule has 1 heterocycles. The van der Waals surface area contributed by atoms with Crippen LogP contribution in [-0.2, 0) is 6.54 Å². The molecule has 4 aromatic carbocycles. The molecular weight excluding hydrogens is 380 g/mol. The van der Waals surface area contributed by atoms with Gasteiger partial charge < -0.3 is 4.90 Å². The van der Waals surface area contributed by atoms with Gasteiger partial charge in [0.25, 0.3) is 0 Å². The molecule has 0 spiro atoms. The van der Waals surface area contributed by atoms with Crippen molar-refractivity contribution in [2.45, 2.75) is 6.54 Å². The van der Waals surface area contributed by atoms with Gasteiger partial charge in [-0.1, -0.05) is 66.7 Å². The van der Waals surface area contributed by atoms with Crippen molar-refractivity contribution in [3.8, 4) is 11.1 Å². The lowest BCUT2D eigenvalue weighted by Gasteiger charge is -2.36. The highest BCUT2D eigenvalue weighted by atomic mass is 16.1. The smallest absolute Gasteiger partial charge is 0.150 e. The van der Waals surface area contributed by atoms with Crippen LogP contribution in [0.4, 0.5) is 5.69 Å². The van der Waals surface area contributed by atoms with Gasteiger partial charge in [0.05, 0.1) is 0 Å². The maximum absolute atomic E-state index is 10.9. The quantitative estimate of drug-likeness (QED) is 0.401. The van der Waals surface area contributed by atoms with E-state index in [1.165, 1.54) is 33.2 Å². The zero-order chi connectivity index (χ0) is 21.0. The van der Waals surface area contributed by atoms with Gasteiger partial charge in [0.2, 0.25) is 0 Å². The molecule has 1 saturated heterocycles. The Morgan fingerprint density at radius 1 is 0.677 bits per heavy atom. The van der Waals surface area contributed by atoms with E-state index in [-0.39, 0.29) is 0 Å². The lowest BCUT2D eigenvalue weighted by atomic mass is 9.94. The first-order chi connectivity index (χ1) is 15.3. The van der Waals surface area contributed by atoms with E-state index in [1.807, 2.05) is 12.1 Å². The number of aldehydes is 1. The summed E-state index contributed by atoms with van der Waals surface area (Å²) in [6.07, 6.45) is 0.898. The number of nitrogens with zero attached hydrogens (tertiary/aromatic N) is 2. The van der Waals surface area contributed by atoms with E-state index < -0.39 is 0 Å². The van der Waals surface area contributed by atoms with Gasteiger partial charge in [-0.15, -0.1) is 0 Å². The molecule has 0 saturated carbocycles. The topological polar surface area (TPSA) is 23.6 Å². The van der Waals surface area contributed by atoms with Gasteiger partial charge in [-0.3, -0.25) is 9.69 Å². The van der Waals surface area contributed by atoms with E-state index in [2.05, 4.69) is 88.7 Å². The predicted octanol–water partition coefficient (Wildman–Crippen LogP) is 5.64. The largest absolute Gasteiger partial charge is 0.369 e. The van der Waals surface area contributed by atoms with Gasteiger partial charge in [0.1, 0.15) is 6.29 Å². The summed E-state index contributed by atoms with van der Waals surface area (Å²) in [4.78, 5) is 15.8. The SMILES string of the molecule is O=Cc1ccc(N2CCN(Cc3ccccc3-c3cccc4ccccc34)CC2)cc1. The lowest BCUT2D eigenvalue weighted by molar-refractivity contribution is 0.112. The third-order valence-corrected chi connectivity index (χ3v) is 6.26. The number of piperazine rings is 1. The molecule has 0 atom stereocenters. The summed E-state index contributed by atoms with van der Waals surface area (Å²) in [7, 11) is 0. The molecule has 3 nitrogen and oxygen atoms in total. The second kappa shape index (κ2) is 8.75. The van der Waals surface area contributed by atoms with E-state index in [0.29, 0.717) is 0 Å². The second-order valence-electron chi connectivity index (χ2n) is 8.16. The summed E-state index contributed by atoms with van der Waals surface area (Å²) in [5.74, 6) is 0. The molecule has 1 aliphatic rings. The van der Waals surface area contributed by atoms with E-state index in [1.54, 1.807) is 0 Å². The Balaban J connectivity index is 1.33. The second-order valence-corrected chi connectivity index (χ2v) is 8.16. The molecule has 0 bridgehead atoms. The van der Waals surface area contributed by atoms with Crippen molar-refractivity contribution in [1.82, 2.24) is 4.90 Å². The number of benzene rings is 4. The molecule has 31 heavy (non-hydrogen) atoms. The van der Waals surface area contributed by atoms with Gasteiger partial charge in [-0.2, -0.15) is 0 Å². The summed E-state index contributed by atoms with van der Waals surface area (Å²) >= 11 is 0. The molecular formula is C28H26N2O. The number of rotatable bonds is 5. The minimum atomic E-state index is 0.729. The van der Waals surface area contributed by atoms with Gasteiger partial charge in [-0.25, -0.2) is 0 Å². The average Bonchev–Trinajstić information content (AvgIpc) is 2.85. The zero-order valence-electron chi connectivity index (χ0n) is 17.6. The number of carbonyl (C=O) groups is 1. The summed E-state index contributed by atoms with van der Waals surface area (Å²) in [5.41, 5.74) is 5.94. The van der Waals surface area contributed by atoms with Gasteiger partial charge in [0, 0.05) is 44.0 Å². The molecule has 0 unspecified atom stereocenters. The van der Waals surface area contributed by atoms with Crippen LogP contribution in [0.15, 0.2) is 91.0 Å². The van der Waals surface area contributed by atoms with Crippen LogP contribution < -0.4 is 4.90 Å². The van der Waals surface area contributed by atoms with Crippen LogP contribution in [0.2, 0.25) is 0 Å². The highest BCUT2D eigenvalue weighted by Gasteiger charge is 2.19. The fourth-order valence-corrected chi connectivity index (χ4v) is 4.55. The van der Waals surface area contributed by atoms with Crippen molar-refractivity contribution in [3.63, 3.8) is 0 Å².